The van der Waals surface area contributed by atoms with Gasteiger partial charge >= 0.3 is 0 Å². The van der Waals surface area contributed by atoms with Crippen LogP contribution in [0.15, 0.2) is 40.9 Å². The monoisotopic (exact) mass is 319 g/mol. The van der Waals surface area contributed by atoms with E-state index in [0.29, 0.717) is 13.0 Å². The van der Waals surface area contributed by atoms with Crippen LogP contribution in [-0.2, 0) is 4.79 Å². The van der Waals surface area contributed by atoms with Crippen LogP contribution in [-0.4, -0.2) is 24.2 Å². The Morgan fingerprint density at radius 2 is 1.95 bits per heavy atom. The van der Waals surface area contributed by atoms with Crippen LogP contribution in [0.25, 0.3) is 10.8 Å². The number of hydrogen-bond acceptors (Lipinski definition) is 2. The maximum absolute atomic E-state index is 12.1. The van der Waals surface area contributed by atoms with Crippen molar-refractivity contribution in [3.05, 3.63) is 40.9 Å². The number of benzene rings is 2. The van der Waals surface area contributed by atoms with Gasteiger partial charge in [0.2, 0.25) is 5.91 Å². The first-order valence-corrected chi connectivity index (χ1v) is 7.08. The zero-order chi connectivity index (χ0) is 13.4. The molecule has 3 rings (SSSR count). The average molecular weight is 320 g/mol. The molecule has 0 spiro atoms. The molecule has 98 valence electrons. The number of anilines is 1. The molecule has 1 heterocycles. The van der Waals surface area contributed by atoms with E-state index >= 15 is 0 Å². The molecule has 0 aromatic heterocycles. The summed E-state index contributed by atoms with van der Waals surface area (Å²) < 4.78 is 1.03. The molecule has 1 aliphatic rings. The summed E-state index contributed by atoms with van der Waals surface area (Å²) in [5.74, 6) is 0.140. The number of aliphatic hydroxyl groups excluding tert-OH is 1. The molecule has 1 fully saturated rings. The molecule has 1 aliphatic heterocycles. The van der Waals surface area contributed by atoms with Gasteiger partial charge in [-0.05, 0) is 17.5 Å². The van der Waals surface area contributed by atoms with Crippen molar-refractivity contribution in [3.63, 3.8) is 0 Å². The van der Waals surface area contributed by atoms with Gasteiger partial charge in [0.05, 0.1) is 5.69 Å². The lowest BCUT2D eigenvalue weighted by atomic mass is 10.1. The third-order valence-corrected chi connectivity index (χ3v) is 4.29. The second kappa shape index (κ2) is 4.94. The first-order chi connectivity index (χ1) is 9.20. The predicted molar refractivity (Wildman–Crippen MR) is 79.2 cm³/mol. The van der Waals surface area contributed by atoms with Gasteiger partial charge in [0.1, 0.15) is 0 Å². The van der Waals surface area contributed by atoms with E-state index in [-0.39, 0.29) is 18.4 Å². The van der Waals surface area contributed by atoms with Crippen molar-refractivity contribution in [2.45, 2.75) is 6.42 Å². The smallest absolute Gasteiger partial charge is 0.227 e. The number of carbonyl (C=O) groups excluding carboxylic acids is 1. The maximum atomic E-state index is 12.1. The number of carbonyl (C=O) groups is 1. The van der Waals surface area contributed by atoms with E-state index in [1.54, 1.807) is 4.90 Å². The predicted octanol–water partition coefficient (Wildman–Crippen LogP) is 2.95. The number of hydrogen-bond donors (Lipinski definition) is 1. The second-order valence-corrected chi connectivity index (χ2v) is 5.72. The molecule has 3 nitrogen and oxygen atoms in total. The van der Waals surface area contributed by atoms with Crippen LogP contribution in [0, 0.1) is 5.92 Å². The highest BCUT2D eigenvalue weighted by molar-refractivity contribution is 9.10. The molecule has 1 amide bonds. The maximum Gasteiger partial charge on any atom is 0.227 e. The summed E-state index contributed by atoms with van der Waals surface area (Å²) in [5.41, 5.74) is 0.930. The van der Waals surface area contributed by atoms with E-state index in [2.05, 4.69) is 15.9 Å². The third-order valence-electron chi connectivity index (χ3n) is 3.60. The zero-order valence-electron chi connectivity index (χ0n) is 10.3. The van der Waals surface area contributed by atoms with E-state index in [4.69, 9.17) is 0 Å². The van der Waals surface area contributed by atoms with Gasteiger partial charge in [0, 0.05) is 35.3 Å². The van der Waals surface area contributed by atoms with E-state index in [1.165, 1.54) is 0 Å². The fraction of sp³-hybridized carbons (Fsp3) is 0.267. The van der Waals surface area contributed by atoms with Crippen molar-refractivity contribution in [1.29, 1.82) is 0 Å². The molecule has 0 saturated carbocycles. The zero-order valence-corrected chi connectivity index (χ0v) is 11.9. The van der Waals surface area contributed by atoms with Gasteiger partial charge in [-0.3, -0.25) is 4.79 Å². The lowest BCUT2D eigenvalue weighted by molar-refractivity contribution is -0.117. The van der Waals surface area contributed by atoms with Gasteiger partial charge in [-0.15, -0.1) is 0 Å². The molecule has 1 saturated heterocycles. The highest BCUT2D eigenvalue weighted by Crippen LogP contribution is 2.34. The third kappa shape index (κ3) is 2.15. The van der Waals surface area contributed by atoms with Gasteiger partial charge in [-0.2, -0.15) is 0 Å². The van der Waals surface area contributed by atoms with E-state index in [0.717, 1.165) is 20.9 Å². The molecule has 0 aliphatic carbocycles. The van der Waals surface area contributed by atoms with Gasteiger partial charge in [-0.1, -0.05) is 40.2 Å². The quantitative estimate of drug-likeness (QED) is 0.924. The Bertz CT molecular complexity index is 641. The molecule has 1 atom stereocenters. The number of aliphatic hydroxyl groups is 1. The number of fused-ring (bicyclic) bond motifs is 1. The van der Waals surface area contributed by atoms with Gasteiger partial charge in [-0.25, -0.2) is 0 Å². The lowest BCUT2D eigenvalue weighted by Gasteiger charge is -2.19. The Hall–Kier alpha value is -1.39. The number of nitrogens with zero attached hydrogens (tertiary/aromatic N) is 1. The molecule has 2 aromatic rings. The molecule has 0 bridgehead atoms. The molecule has 4 heteroatoms. The topological polar surface area (TPSA) is 40.5 Å². The number of halogens is 1. The van der Waals surface area contributed by atoms with Crippen molar-refractivity contribution in [2.75, 3.05) is 18.1 Å². The van der Waals surface area contributed by atoms with Crippen LogP contribution in [0.2, 0.25) is 0 Å². The molecule has 2 aromatic carbocycles. The van der Waals surface area contributed by atoms with Crippen molar-refractivity contribution in [2.24, 2.45) is 5.92 Å². The van der Waals surface area contributed by atoms with Gasteiger partial charge in [0.25, 0.3) is 0 Å². The van der Waals surface area contributed by atoms with Crippen LogP contribution in [0.5, 0.6) is 0 Å². The first-order valence-electron chi connectivity index (χ1n) is 6.29. The molecular weight excluding hydrogens is 306 g/mol. The Kier molecular flexibility index (Phi) is 3.29. The molecule has 1 unspecified atom stereocenters. The van der Waals surface area contributed by atoms with Gasteiger partial charge < -0.3 is 10.0 Å². The van der Waals surface area contributed by atoms with E-state index in [1.807, 2.05) is 36.4 Å². The summed E-state index contributed by atoms with van der Waals surface area (Å²) in [6.07, 6.45) is 0.431. The highest BCUT2D eigenvalue weighted by Gasteiger charge is 2.30. The highest BCUT2D eigenvalue weighted by atomic mass is 79.9. The average Bonchev–Trinajstić information content (AvgIpc) is 2.80. The fourth-order valence-electron chi connectivity index (χ4n) is 2.63. The van der Waals surface area contributed by atoms with Crippen molar-refractivity contribution in [1.82, 2.24) is 0 Å². The SMILES string of the molecule is O=C1CC(CO)CN1c1cccc2c(Br)cccc12. The van der Waals surface area contributed by atoms with Gasteiger partial charge in [0.15, 0.2) is 0 Å². The van der Waals surface area contributed by atoms with Crippen molar-refractivity contribution >= 4 is 38.3 Å². The van der Waals surface area contributed by atoms with Crippen LogP contribution in [0.4, 0.5) is 5.69 Å². The lowest BCUT2D eigenvalue weighted by Crippen LogP contribution is -2.25. The van der Waals surface area contributed by atoms with Crippen molar-refractivity contribution < 1.29 is 9.90 Å². The Balaban J connectivity index is 2.11. The summed E-state index contributed by atoms with van der Waals surface area (Å²) in [7, 11) is 0. The molecule has 1 N–H and O–H groups in total. The molecule has 0 radical (unpaired) electrons. The summed E-state index contributed by atoms with van der Waals surface area (Å²) in [4.78, 5) is 13.9. The van der Waals surface area contributed by atoms with Crippen molar-refractivity contribution in [3.8, 4) is 0 Å². The van der Waals surface area contributed by atoms with Crippen LogP contribution in [0.3, 0.4) is 0 Å². The minimum absolute atomic E-state index is 0.0508. The summed E-state index contributed by atoms with van der Waals surface area (Å²) in [6.45, 7) is 0.664. The normalized spacial score (nSPS) is 19.4. The van der Waals surface area contributed by atoms with Crippen LogP contribution < -0.4 is 4.90 Å². The first kappa shape index (κ1) is 12.6. The minimum Gasteiger partial charge on any atom is -0.396 e. The summed E-state index contributed by atoms with van der Waals surface area (Å²) >= 11 is 3.54. The molecule has 19 heavy (non-hydrogen) atoms. The number of amides is 1. The van der Waals surface area contributed by atoms with Crippen LogP contribution >= 0.6 is 15.9 Å². The Labute approximate surface area is 120 Å². The minimum atomic E-state index is 0.0508. The van der Waals surface area contributed by atoms with E-state index in [9.17, 15) is 9.90 Å². The molecular formula is C15H14BrNO2. The van der Waals surface area contributed by atoms with Crippen LogP contribution in [0.1, 0.15) is 6.42 Å². The Morgan fingerprint density at radius 1 is 1.21 bits per heavy atom. The second-order valence-electron chi connectivity index (χ2n) is 4.87. The summed E-state index contributed by atoms with van der Waals surface area (Å²) in [5, 5.41) is 11.4. The fourth-order valence-corrected chi connectivity index (χ4v) is 3.13. The standard InChI is InChI=1S/C15H14BrNO2/c16-13-5-1-4-12-11(13)3-2-6-14(12)17-8-10(9-18)7-15(17)19/h1-6,10,18H,7-9H2. The number of rotatable bonds is 2. The summed E-state index contributed by atoms with van der Waals surface area (Å²) in [6, 6.07) is 11.9. The Morgan fingerprint density at radius 3 is 2.68 bits per heavy atom. The largest absolute Gasteiger partial charge is 0.396 e. The van der Waals surface area contributed by atoms with E-state index < -0.39 is 0 Å².